The normalized spacial score (nSPS) is 16.1. The zero-order valence-corrected chi connectivity index (χ0v) is 15.9. The van der Waals surface area contributed by atoms with Crippen LogP contribution in [0.4, 0.5) is 8.78 Å². The van der Waals surface area contributed by atoms with Crippen LogP contribution < -0.4 is 14.3 Å². The van der Waals surface area contributed by atoms with Crippen LogP contribution in [0.1, 0.15) is 0 Å². The maximum atomic E-state index is 14.4. The van der Waals surface area contributed by atoms with Gasteiger partial charge in [0.1, 0.15) is 19.0 Å². The summed E-state index contributed by atoms with van der Waals surface area (Å²) in [7, 11) is 1.18. The molecule has 4 rings (SSSR count). The molecule has 0 bridgehead atoms. The molecule has 1 aliphatic rings. The number of halogens is 2. The Balaban J connectivity index is 1.75. The minimum atomic E-state index is -1.01. The van der Waals surface area contributed by atoms with E-state index in [1.54, 1.807) is 24.3 Å². The van der Waals surface area contributed by atoms with Crippen LogP contribution >= 0.6 is 11.3 Å². The van der Waals surface area contributed by atoms with Crippen LogP contribution in [0.2, 0.25) is 0 Å². The van der Waals surface area contributed by atoms with Gasteiger partial charge in [-0.3, -0.25) is 9.59 Å². The van der Waals surface area contributed by atoms with Crippen LogP contribution in [0.25, 0.3) is 10.2 Å². The van der Waals surface area contributed by atoms with Gasteiger partial charge >= 0.3 is 5.97 Å². The third kappa shape index (κ3) is 3.70. The second-order valence-corrected chi connectivity index (χ2v) is 7.10. The molecule has 1 atom stereocenters. The summed E-state index contributed by atoms with van der Waals surface area (Å²) >= 11 is 0.874. The Labute approximate surface area is 166 Å². The molecule has 0 fully saturated rings. The minimum Gasteiger partial charge on any atom is -0.485 e. The number of para-hydroxylation sites is 2. The number of aromatic nitrogens is 1. The van der Waals surface area contributed by atoms with Crippen LogP contribution in [0.5, 0.6) is 11.5 Å². The summed E-state index contributed by atoms with van der Waals surface area (Å²) in [6.45, 7) is -0.444. The first kappa shape index (κ1) is 19.1. The predicted octanol–water partition coefficient (Wildman–Crippen LogP) is 2.42. The van der Waals surface area contributed by atoms with Gasteiger partial charge in [-0.25, -0.2) is 8.78 Å². The van der Waals surface area contributed by atoms with Crippen molar-refractivity contribution in [2.45, 2.75) is 12.6 Å². The summed E-state index contributed by atoms with van der Waals surface area (Å²) < 4.78 is 45.1. The van der Waals surface area contributed by atoms with Crippen molar-refractivity contribution in [1.29, 1.82) is 0 Å². The van der Waals surface area contributed by atoms with Gasteiger partial charge in [0.15, 0.2) is 22.1 Å². The number of fused-ring (bicyclic) bond motifs is 2. The van der Waals surface area contributed by atoms with Gasteiger partial charge in [-0.05, 0) is 18.2 Å². The molecule has 1 aliphatic heterocycles. The van der Waals surface area contributed by atoms with Crippen LogP contribution in [-0.4, -0.2) is 36.3 Å². The maximum Gasteiger partial charge on any atom is 0.325 e. The summed E-state index contributed by atoms with van der Waals surface area (Å²) in [6.07, 6.45) is -1.01. The standard InChI is InChI=1S/C19H14F2N2O5S/c1-26-16(24)8-23-17-11(21)6-10(20)7-15(17)29-19(23)22-18(25)14-9-27-12-4-2-3-5-13(12)28-14/h2-7,14H,8-9H2,1H3. The van der Waals surface area contributed by atoms with Crippen molar-refractivity contribution in [1.82, 2.24) is 4.57 Å². The van der Waals surface area contributed by atoms with Gasteiger partial charge in [-0.1, -0.05) is 23.5 Å². The lowest BCUT2D eigenvalue weighted by atomic mass is 10.2. The number of carbonyl (C=O) groups is 2. The number of amides is 1. The molecule has 0 saturated heterocycles. The monoisotopic (exact) mass is 420 g/mol. The number of nitrogens with zero attached hydrogens (tertiary/aromatic N) is 2. The van der Waals surface area contributed by atoms with E-state index in [-0.39, 0.29) is 21.6 Å². The van der Waals surface area contributed by atoms with Gasteiger partial charge < -0.3 is 18.8 Å². The van der Waals surface area contributed by atoms with E-state index >= 15 is 0 Å². The number of carbonyl (C=O) groups excluding carboxylic acids is 2. The van der Waals surface area contributed by atoms with Crippen LogP contribution in [0.15, 0.2) is 41.4 Å². The number of thiazole rings is 1. The lowest BCUT2D eigenvalue weighted by Gasteiger charge is -2.23. The Bertz CT molecular complexity index is 1190. The molecule has 150 valence electrons. The lowest BCUT2D eigenvalue weighted by Crippen LogP contribution is -2.37. The van der Waals surface area contributed by atoms with Gasteiger partial charge in [0, 0.05) is 6.07 Å². The minimum absolute atomic E-state index is 0.0161. The number of hydrogen-bond donors (Lipinski definition) is 0. The summed E-state index contributed by atoms with van der Waals surface area (Å²) in [6, 6.07) is 8.68. The second-order valence-electron chi connectivity index (χ2n) is 6.10. The maximum absolute atomic E-state index is 14.4. The summed E-state index contributed by atoms with van der Waals surface area (Å²) in [5.74, 6) is -2.09. The number of hydrogen-bond acceptors (Lipinski definition) is 6. The van der Waals surface area contributed by atoms with Crippen molar-refractivity contribution >= 4 is 33.4 Å². The highest BCUT2D eigenvalue weighted by Crippen LogP contribution is 2.31. The number of ether oxygens (including phenoxy) is 3. The van der Waals surface area contributed by atoms with Crippen molar-refractivity contribution in [2.75, 3.05) is 13.7 Å². The molecular formula is C19H14F2N2O5S. The van der Waals surface area contributed by atoms with Gasteiger partial charge in [-0.2, -0.15) is 4.99 Å². The average molecular weight is 420 g/mol. The second kappa shape index (κ2) is 7.63. The molecule has 0 saturated carbocycles. The highest BCUT2D eigenvalue weighted by atomic mass is 32.1. The zero-order chi connectivity index (χ0) is 20.5. The number of rotatable bonds is 3. The topological polar surface area (TPSA) is 79.1 Å². The van der Waals surface area contributed by atoms with Crippen molar-refractivity contribution in [3.63, 3.8) is 0 Å². The van der Waals surface area contributed by atoms with Gasteiger partial charge in [0.25, 0.3) is 5.91 Å². The van der Waals surface area contributed by atoms with Crippen molar-refractivity contribution in [3.8, 4) is 11.5 Å². The van der Waals surface area contributed by atoms with Gasteiger partial charge in [0.05, 0.1) is 17.3 Å². The van der Waals surface area contributed by atoms with Crippen molar-refractivity contribution in [3.05, 3.63) is 52.8 Å². The zero-order valence-electron chi connectivity index (χ0n) is 15.1. The van der Waals surface area contributed by atoms with E-state index in [1.165, 1.54) is 11.7 Å². The van der Waals surface area contributed by atoms with Crippen molar-refractivity contribution in [2.24, 2.45) is 4.99 Å². The van der Waals surface area contributed by atoms with E-state index in [4.69, 9.17) is 9.47 Å². The molecular weight excluding hydrogens is 406 g/mol. The molecule has 29 heavy (non-hydrogen) atoms. The first-order chi connectivity index (χ1) is 14.0. The highest BCUT2D eigenvalue weighted by molar-refractivity contribution is 7.16. The van der Waals surface area contributed by atoms with E-state index in [0.717, 1.165) is 17.4 Å². The molecule has 0 spiro atoms. The average Bonchev–Trinajstić information content (AvgIpc) is 3.04. The van der Waals surface area contributed by atoms with Crippen LogP contribution in [0, 0.1) is 11.6 Å². The molecule has 0 aliphatic carbocycles. The summed E-state index contributed by atoms with van der Waals surface area (Å²) in [5.41, 5.74) is -0.0421. The number of esters is 1. The number of benzene rings is 2. The Morgan fingerprint density at radius 2 is 2.03 bits per heavy atom. The van der Waals surface area contributed by atoms with Crippen LogP contribution in [-0.2, 0) is 20.9 Å². The molecule has 0 radical (unpaired) electrons. The SMILES string of the molecule is COC(=O)Cn1c(=NC(=O)C2COc3ccccc3O2)sc2cc(F)cc(F)c21. The number of methoxy groups -OCH3 is 1. The molecule has 1 unspecified atom stereocenters. The fourth-order valence-corrected chi connectivity index (χ4v) is 3.94. The first-order valence-electron chi connectivity index (χ1n) is 8.48. The van der Waals surface area contributed by atoms with E-state index in [9.17, 15) is 18.4 Å². The fraction of sp³-hybridized carbons (Fsp3) is 0.211. The smallest absolute Gasteiger partial charge is 0.325 e. The first-order valence-corrected chi connectivity index (χ1v) is 9.30. The Morgan fingerprint density at radius 1 is 1.28 bits per heavy atom. The predicted molar refractivity (Wildman–Crippen MR) is 98.7 cm³/mol. The van der Waals surface area contributed by atoms with Crippen LogP contribution in [0.3, 0.4) is 0 Å². The Kier molecular flexibility index (Phi) is 5.01. The van der Waals surface area contributed by atoms with E-state index in [1.807, 2.05) is 0 Å². The molecule has 3 aromatic rings. The summed E-state index contributed by atoms with van der Waals surface area (Å²) in [4.78, 5) is 28.4. The quantitative estimate of drug-likeness (QED) is 0.608. The lowest BCUT2D eigenvalue weighted by molar-refractivity contribution is -0.141. The molecule has 1 amide bonds. The highest BCUT2D eigenvalue weighted by Gasteiger charge is 2.27. The van der Waals surface area contributed by atoms with Gasteiger partial charge in [0.2, 0.25) is 6.10 Å². The molecule has 2 heterocycles. The van der Waals surface area contributed by atoms with E-state index in [0.29, 0.717) is 17.6 Å². The Hall–Kier alpha value is -3.27. The fourth-order valence-electron chi connectivity index (χ4n) is 2.86. The summed E-state index contributed by atoms with van der Waals surface area (Å²) in [5, 5.41) is 0. The van der Waals surface area contributed by atoms with E-state index < -0.39 is 36.2 Å². The third-order valence-electron chi connectivity index (χ3n) is 4.20. The molecule has 0 N–H and O–H groups in total. The van der Waals surface area contributed by atoms with Crippen molar-refractivity contribution < 1.29 is 32.6 Å². The Morgan fingerprint density at radius 3 is 2.79 bits per heavy atom. The molecule has 2 aromatic carbocycles. The van der Waals surface area contributed by atoms with E-state index in [2.05, 4.69) is 9.73 Å². The molecule has 7 nitrogen and oxygen atoms in total. The van der Waals surface area contributed by atoms with Gasteiger partial charge in [-0.15, -0.1) is 0 Å². The largest absolute Gasteiger partial charge is 0.485 e. The molecule has 10 heteroatoms. The third-order valence-corrected chi connectivity index (χ3v) is 5.23. The molecule has 1 aromatic heterocycles.